The Morgan fingerprint density at radius 2 is 1.94 bits per heavy atom. The van der Waals surface area contributed by atoms with Gasteiger partial charge in [-0.25, -0.2) is 9.18 Å². The second kappa shape index (κ2) is 4.01. The molecule has 0 amide bonds. The standard InChI is InChI=1S/C12H9FO4/c1-6(14)9-10(15)12(16)17-11(9)7-2-4-8(13)5-3-7/h2-5,11,15H,1H3. The summed E-state index contributed by atoms with van der Waals surface area (Å²) >= 11 is 0. The fourth-order valence-corrected chi connectivity index (χ4v) is 1.68. The van der Waals surface area contributed by atoms with Crippen molar-refractivity contribution in [3.8, 4) is 0 Å². The van der Waals surface area contributed by atoms with Crippen LogP contribution in [0.4, 0.5) is 4.39 Å². The van der Waals surface area contributed by atoms with Crippen molar-refractivity contribution in [2.24, 2.45) is 0 Å². The van der Waals surface area contributed by atoms with Crippen LogP contribution in [0.5, 0.6) is 0 Å². The fraction of sp³-hybridized carbons (Fsp3) is 0.167. The van der Waals surface area contributed by atoms with Gasteiger partial charge >= 0.3 is 5.97 Å². The van der Waals surface area contributed by atoms with E-state index in [0.717, 1.165) is 0 Å². The van der Waals surface area contributed by atoms with E-state index in [0.29, 0.717) is 5.56 Å². The number of benzene rings is 1. The molecule has 1 aromatic carbocycles. The second-order valence-electron chi connectivity index (χ2n) is 3.66. The Kier molecular flexibility index (Phi) is 2.67. The van der Waals surface area contributed by atoms with E-state index in [-0.39, 0.29) is 5.57 Å². The van der Waals surface area contributed by atoms with Gasteiger partial charge in [0.1, 0.15) is 5.82 Å². The van der Waals surface area contributed by atoms with Crippen LogP contribution in [0.25, 0.3) is 0 Å². The van der Waals surface area contributed by atoms with Gasteiger partial charge in [0.05, 0.1) is 5.57 Å². The average molecular weight is 236 g/mol. The summed E-state index contributed by atoms with van der Waals surface area (Å²) in [4.78, 5) is 22.5. The minimum atomic E-state index is -0.958. The van der Waals surface area contributed by atoms with Crippen LogP contribution >= 0.6 is 0 Å². The van der Waals surface area contributed by atoms with Crippen LogP contribution in [0.1, 0.15) is 18.6 Å². The molecule has 1 atom stereocenters. The molecule has 17 heavy (non-hydrogen) atoms. The zero-order chi connectivity index (χ0) is 12.6. The number of Topliss-reactive ketones (excluding diaryl/α,β-unsaturated/α-hetero) is 1. The van der Waals surface area contributed by atoms with E-state index in [1.165, 1.54) is 31.2 Å². The van der Waals surface area contributed by atoms with Gasteiger partial charge in [-0.3, -0.25) is 4.79 Å². The van der Waals surface area contributed by atoms with Gasteiger partial charge in [-0.15, -0.1) is 0 Å². The Balaban J connectivity index is 2.44. The molecule has 0 saturated carbocycles. The molecular weight excluding hydrogens is 227 g/mol. The molecular formula is C12H9FO4. The summed E-state index contributed by atoms with van der Waals surface area (Å²) in [5.41, 5.74) is 0.343. The van der Waals surface area contributed by atoms with Crippen LogP contribution in [0.15, 0.2) is 35.6 Å². The molecule has 1 unspecified atom stereocenters. The first-order valence-corrected chi connectivity index (χ1v) is 4.91. The van der Waals surface area contributed by atoms with E-state index >= 15 is 0 Å². The monoisotopic (exact) mass is 236 g/mol. The van der Waals surface area contributed by atoms with Gasteiger partial charge in [0.25, 0.3) is 0 Å². The van der Waals surface area contributed by atoms with Crippen molar-refractivity contribution in [2.45, 2.75) is 13.0 Å². The zero-order valence-corrected chi connectivity index (χ0v) is 8.94. The number of cyclic esters (lactones) is 1. The molecule has 1 aliphatic rings. The first-order chi connectivity index (χ1) is 8.00. The lowest BCUT2D eigenvalue weighted by Crippen LogP contribution is -2.07. The van der Waals surface area contributed by atoms with Crippen LogP contribution in [0.3, 0.4) is 0 Å². The summed E-state index contributed by atoms with van der Waals surface area (Å²) in [5, 5.41) is 9.42. The van der Waals surface area contributed by atoms with Crippen molar-refractivity contribution in [3.05, 3.63) is 47.0 Å². The third-order valence-electron chi connectivity index (χ3n) is 2.49. The lowest BCUT2D eigenvalue weighted by atomic mass is 9.99. The van der Waals surface area contributed by atoms with Crippen molar-refractivity contribution in [1.29, 1.82) is 0 Å². The number of carbonyl (C=O) groups is 2. The topological polar surface area (TPSA) is 63.6 Å². The highest BCUT2D eigenvalue weighted by atomic mass is 19.1. The van der Waals surface area contributed by atoms with E-state index in [1.807, 2.05) is 0 Å². The van der Waals surface area contributed by atoms with Crippen molar-refractivity contribution in [3.63, 3.8) is 0 Å². The lowest BCUT2D eigenvalue weighted by molar-refractivity contribution is -0.142. The van der Waals surface area contributed by atoms with Crippen LogP contribution in [-0.2, 0) is 14.3 Å². The van der Waals surface area contributed by atoms with Gasteiger partial charge in [-0.2, -0.15) is 0 Å². The maximum atomic E-state index is 12.7. The molecule has 0 radical (unpaired) electrons. The van der Waals surface area contributed by atoms with Gasteiger partial charge < -0.3 is 9.84 Å². The molecule has 0 bridgehead atoms. The van der Waals surface area contributed by atoms with Gasteiger partial charge in [-0.1, -0.05) is 12.1 Å². The van der Waals surface area contributed by atoms with Crippen molar-refractivity contribution in [1.82, 2.24) is 0 Å². The molecule has 1 N–H and O–H groups in total. The second-order valence-corrected chi connectivity index (χ2v) is 3.66. The quantitative estimate of drug-likeness (QED) is 0.795. The first kappa shape index (κ1) is 11.3. The van der Waals surface area contributed by atoms with E-state index in [1.54, 1.807) is 0 Å². The molecule has 0 spiro atoms. The van der Waals surface area contributed by atoms with Crippen LogP contribution in [0.2, 0.25) is 0 Å². The number of rotatable bonds is 2. The Bertz CT molecular complexity index is 516. The number of ketones is 1. The minimum Gasteiger partial charge on any atom is -0.501 e. The Hall–Kier alpha value is -2.17. The number of esters is 1. The highest BCUT2D eigenvalue weighted by Gasteiger charge is 2.37. The maximum Gasteiger partial charge on any atom is 0.374 e. The lowest BCUT2D eigenvalue weighted by Gasteiger charge is -2.11. The van der Waals surface area contributed by atoms with E-state index < -0.39 is 29.4 Å². The van der Waals surface area contributed by atoms with E-state index in [4.69, 9.17) is 4.74 Å². The molecule has 5 heteroatoms. The molecule has 0 aromatic heterocycles. The maximum absolute atomic E-state index is 12.7. The zero-order valence-electron chi connectivity index (χ0n) is 8.94. The fourth-order valence-electron chi connectivity index (χ4n) is 1.68. The van der Waals surface area contributed by atoms with Crippen LogP contribution in [0, 0.1) is 5.82 Å². The number of carbonyl (C=O) groups excluding carboxylic acids is 2. The summed E-state index contributed by atoms with van der Waals surface area (Å²) < 4.78 is 17.6. The first-order valence-electron chi connectivity index (χ1n) is 4.91. The van der Waals surface area contributed by atoms with Gasteiger partial charge in [0, 0.05) is 0 Å². The smallest absolute Gasteiger partial charge is 0.374 e. The largest absolute Gasteiger partial charge is 0.501 e. The number of halogens is 1. The summed E-state index contributed by atoms with van der Waals surface area (Å²) in [6.45, 7) is 1.23. The van der Waals surface area contributed by atoms with Crippen molar-refractivity contribution >= 4 is 11.8 Å². The summed E-state index contributed by atoms with van der Waals surface area (Å²) in [5.74, 6) is -2.50. The molecule has 2 rings (SSSR count). The van der Waals surface area contributed by atoms with E-state index in [2.05, 4.69) is 0 Å². The SMILES string of the molecule is CC(=O)C1=C(O)C(=O)OC1c1ccc(F)cc1. The summed E-state index contributed by atoms with van der Waals surface area (Å²) in [6.07, 6.45) is -0.958. The molecule has 88 valence electrons. The normalized spacial score (nSPS) is 19.4. The molecule has 0 aliphatic carbocycles. The predicted molar refractivity (Wildman–Crippen MR) is 55.6 cm³/mol. The van der Waals surface area contributed by atoms with Gasteiger partial charge in [0.15, 0.2) is 11.9 Å². The van der Waals surface area contributed by atoms with Crippen molar-refractivity contribution in [2.75, 3.05) is 0 Å². The van der Waals surface area contributed by atoms with E-state index in [9.17, 15) is 19.1 Å². The van der Waals surface area contributed by atoms with Crippen LogP contribution < -0.4 is 0 Å². The minimum absolute atomic E-state index is 0.0957. The number of aliphatic hydroxyl groups excluding tert-OH is 1. The third kappa shape index (κ3) is 1.91. The van der Waals surface area contributed by atoms with Gasteiger partial charge in [-0.05, 0) is 24.6 Å². The van der Waals surface area contributed by atoms with Crippen molar-refractivity contribution < 1.29 is 23.8 Å². The third-order valence-corrected chi connectivity index (χ3v) is 2.49. The molecule has 0 fully saturated rings. The number of ether oxygens (including phenoxy) is 1. The van der Waals surface area contributed by atoms with Gasteiger partial charge in [0.2, 0.25) is 5.76 Å². The number of hydrogen-bond donors (Lipinski definition) is 1. The highest BCUT2D eigenvalue weighted by molar-refractivity contribution is 6.05. The average Bonchev–Trinajstić information content (AvgIpc) is 2.56. The molecule has 1 heterocycles. The molecule has 0 saturated heterocycles. The summed E-state index contributed by atoms with van der Waals surface area (Å²) in [7, 11) is 0. The number of aliphatic hydroxyl groups is 1. The molecule has 4 nitrogen and oxygen atoms in total. The number of hydrogen-bond acceptors (Lipinski definition) is 4. The Morgan fingerprint density at radius 1 is 1.35 bits per heavy atom. The Labute approximate surface area is 96.3 Å². The Morgan fingerprint density at radius 3 is 2.47 bits per heavy atom. The molecule has 1 aliphatic heterocycles. The predicted octanol–water partition coefficient (Wildman–Crippen LogP) is 1.82. The molecule has 1 aromatic rings. The van der Waals surface area contributed by atoms with Crippen LogP contribution in [-0.4, -0.2) is 16.9 Å². The highest BCUT2D eigenvalue weighted by Crippen LogP contribution is 2.34. The summed E-state index contributed by atoms with van der Waals surface area (Å²) in [6, 6.07) is 5.18.